The van der Waals surface area contributed by atoms with E-state index in [-0.39, 0.29) is 6.03 Å². The number of urea groups is 1. The van der Waals surface area contributed by atoms with E-state index >= 15 is 0 Å². The SMILES string of the molecule is CCCCNC(=O)N/N=C/c1ccc2nonc2c1. The second-order valence-electron chi connectivity index (χ2n) is 3.99. The highest BCUT2D eigenvalue weighted by molar-refractivity contribution is 5.87. The lowest BCUT2D eigenvalue weighted by Gasteiger charge is -2.01. The number of carbonyl (C=O) groups is 1. The van der Waals surface area contributed by atoms with E-state index in [1.54, 1.807) is 12.1 Å². The minimum atomic E-state index is -0.311. The van der Waals surface area contributed by atoms with Crippen molar-refractivity contribution in [2.75, 3.05) is 6.54 Å². The van der Waals surface area contributed by atoms with E-state index in [4.69, 9.17) is 0 Å². The molecule has 0 aliphatic carbocycles. The average Bonchev–Trinajstić information content (AvgIpc) is 2.86. The molecule has 0 unspecified atom stereocenters. The Morgan fingerprint density at radius 3 is 3.11 bits per heavy atom. The molecule has 0 aliphatic rings. The van der Waals surface area contributed by atoms with E-state index < -0.39 is 0 Å². The maximum Gasteiger partial charge on any atom is 0.335 e. The molecule has 1 aromatic carbocycles. The Labute approximate surface area is 110 Å². The molecule has 0 saturated carbocycles. The first-order chi connectivity index (χ1) is 9.29. The summed E-state index contributed by atoms with van der Waals surface area (Å²) in [4.78, 5) is 11.3. The quantitative estimate of drug-likeness (QED) is 0.486. The second kappa shape index (κ2) is 6.48. The summed E-state index contributed by atoms with van der Waals surface area (Å²) in [5, 5.41) is 14.0. The number of carbonyl (C=O) groups excluding carboxylic acids is 1. The van der Waals surface area contributed by atoms with Crippen molar-refractivity contribution in [3.63, 3.8) is 0 Å². The summed E-state index contributed by atoms with van der Waals surface area (Å²) in [7, 11) is 0. The van der Waals surface area contributed by atoms with E-state index in [0.29, 0.717) is 17.6 Å². The van der Waals surface area contributed by atoms with Gasteiger partial charge >= 0.3 is 6.03 Å². The Morgan fingerprint density at radius 2 is 2.26 bits per heavy atom. The Morgan fingerprint density at radius 1 is 1.42 bits per heavy atom. The zero-order valence-corrected chi connectivity index (χ0v) is 10.6. The van der Waals surface area contributed by atoms with Crippen molar-refractivity contribution in [3.8, 4) is 0 Å². The molecule has 0 spiro atoms. The Kier molecular flexibility index (Phi) is 4.44. The summed E-state index contributed by atoms with van der Waals surface area (Å²) in [6.07, 6.45) is 3.52. The molecule has 7 nitrogen and oxygen atoms in total. The number of amides is 2. The van der Waals surface area contributed by atoms with Gasteiger partial charge in [-0.2, -0.15) is 5.10 Å². The minimum absolute atomic E-state index is 0.311. The molecule has 7 heteroatoms. The molecule has 2 rings (SSSR count). The highest BCUT2D eigenvalue weighted by Gasteiger charge is 2.00. The highest BCUT2D eigenvalue weighted by atomic mass is 16.6. The summed E-state index contributed by atoms with van der Waals surface area (Å²) in [5.74, 6) is 0. The van der Waals surface area contributed by atoms with E-state index in [1.165, 1.54) is 6.21 Å². The van der Waals surface area contributed by atoms with Crippen LogP contribution >= 0.6 is 0 Å². The van der Waals surface area contributed by atoms with Gasteiger partial charge in [-0.25, -0.2) is 14.8 Å². The maximum atomic E-state index is 11.3. The fourth-order valence-electron chi connectivity index (χ4n) is 1.46. The van der Waals surface area contributed by atoms with Gasteiger partial charge in [0.25, 0.3) is 0 Å². The van der Waals surface area contributed by atoms with Crippen LogP contribution in [-0.4, -0.2) is 29.1 Å². The highest BCUT2D eigenvalue weighted by Crippen LogP contribution is 2.09. The number of unbranched alkanes of at least 4 members (excludes halogenated alkanes) is 1. The third-order valence-electron chi connectivity index (χ3n) is 2.47. The van der Waals surface area contributed by atoms with Gasteiger partial charge in [-0.05, 0) is 34.4 Å². The number of nitrogens with one attached hydrogen (secondary N) is 2. The van der Waals surface area contributed by atoms with Gasteiger partial charge in [0.2, 0.25) is 0 Å². The van der Waals surface area contributed by atoms with Crippen LogP contribution in [0.25, 0.3) is 11.0 Å². The second-order valence-corrected chi connectivity index (χ2v) is 3.99. The summed E-state index contributed by atoms with van der Waals surface area (Å²) in [6, 6.07) is 5.04. The Balaban J connectivity index is 1.86. The standard InChI is InChI=1S/C12H15N5O2/c1-2-3-6-13-12(18)15-14-8-9-4-5-10-11(7-9)17-19-16-10/h4-5,7-8H,2-3,6H2,1H3,(H2,13,15,18)/b14-8+. The summed E-state index contributed by atoms with van der Waals surface area (Å²) < 4.78 is 4.59. The Bertz CT molecular complexity index is 578. The lowest BCUT2D eigenvalue weighted by Crippen LogP contribution is -2.32. The van der Waals surface area contributed by atoms with Crippen molar-refractivity contribution < 1.29 is 9.42 Å². The fraction of sp³-hybridized carbons (Fsp3) is 0.333. The largest absolute Gasteiger partial charge is 0.337 e. The molecule has 1 aromatic heterocycles. The molecule has 2 amide bonds. The monoisotopic (exact) mass is 261 g/mol. The van der Waals surface area contributed by atoms with Crippen molar-refractivity contribution in [2.45, 2.75) is 19.8 Å². The predicted molar refractivity (Wildman–Crippen MR) is 70.8 cm³/mol. The van der Waals surface area contributed by atoms with Gasteiger partial charge < -0.3 is 5.32 Å². The minimum Gasteiger partial charge on any atom is -0.337 e. The third-order valence-corrected chi connectivity index (χ3v) is 2.47. The van der Waals surface area contributed by atoms with Crippen LogP contribution in [-0.2, 0) is 0 Å². The summed E-state index contributed by atoms with van der Waals surface area (Å²) in [5.41, 5.74) is 4.53. The van der Waals surface area contributed by atoms with Crippen molar-refractivity contribution in [2.24, 2.45) is 5.10 Å². The van der Waals surface area contributed by atoms with Crippen LogP contribution in [0.4, 0.5) is 4.79 Å². The molecule has 0 fully saturated rings. The molecule has 0 bridgehead atoms. The number of fused-ring (bicyclic) bond motifs is 1. The van der Waals surface area contributed by atoms with Crippen LogP contribution in [0.2, 0.25) is 0 Å². The van der Waals surface area contributed by atoms with Crippen molar-refractivity contribution in [1.82, 2.24) is 21.1 Å². The summed E-state index contributed by atoms with van der Waals surface area (Å²) >= 11 is 0. The number of hydrazone groups is 1. The molecule has 0 saturated heterocycles. The van der Waals surface area contributed by atoms with Gasteiger partial charge in [-0.1, -0.05) is 19.4 Å². The molecule has 0 aliphatic heterocycles. The number of rotatable bonds is 5. The van der Waals surface area contributed by atoms with Gasteiger partial charge in [0, 0.05) is 6.54 Å². The number of benzene rings is 1. The van der Waals surface area contributed by atoms with Crippen molar-refractivity contribution in [1.29, 1.82) is 0 Å². The van der Waals surface area contributed by atoms with Crippen LogP contribution in [0.1, 0.15) is 25.3 Å². The van der Waals surface area contributed by atoms with E-state index in [0.717, 1.165) is 18.4 Å². The molecule has 0 atom stereocenters. The number of nitrogens with zero attached hydrogens (tertiary/aromatic N) is 3. The van der Waals surface area contributed by atoms with E-state index in [1.807, 2.05) is 6.07 Å². The average molecular weight is 261 g/mol. The van der Waals surface area contributed by atoms with E-state index in [2.05, 4.69) is 37.7 Å². The van der Waals surface area contributed by atoms with Crippen molar-refractivity contribution >= 4 is 23.3 Å². The van der Waals surface area contributed by atoms with Gasteiger partial charge in [0.15, 0.2) is 0 Å². The number of aromatic nitrogens is 2. The predicted octanol–water partition coefficient (Wildman–Crippen LogP) is 1.66. The third kappa shape index (κ3) is 3.77. The molecule has 100 valence electrons. The maximum absolute atomic E-state index is 11.3. The van der Waals surface area contributed by atoms with E-state index in [9.17, 15) is 4.79 Å². The van der Waals surface area contributed by atoms with Crippen LogP contribution < -0.4 is 10.7 Å². The van der Waals surface area contributed by atoms with Gasteiger partial charge in [-0.15, -0.1) is 0 Å². The number of hydrogen-bond acceptors (Lipinski definition) is 5. The smallest absolute Gasteiger partial charge is 0.335 e. The molecular weight excluding hydrogens is 246 g/mol. The van der Waals surface area contributed by atoms with Gasteiger partial charge in [-0.3, -0.25) is 0 Å². The molecule has 1 heterocycles. The molecule has 2 aromatic rings. The fourth-order valence-corrected chi connectivity index (χ4v) is 1.46. The normalized spacial score (nSPS) is 11.0. The van der Waals surface area contributed by atoms with Crippen LogP contribution in [0.15, 0.2) is 27.9 Å². The number of hydrogen-bond donors (Lipinski definition) is 2. The lowest BCUT2D eigenvalue weighted by atomic mass is 10.2. The zero-order chi connectivity index (χ0) is 13.5. The topological polar surface area (TPSA) is 92.4 Å². The molecule has 0 radical (unpaired) electrons. The van der Waals surface area contributed by atoms with Crippen LogP contribution in [0.5, 0.6) is 0 Å². The lowest BCUT2D eigenvalue weighted by molar-refractivity contribution is 0.241. The molecular formula is C12H15N5O2. The summed E-state index contributed by atoms with van der Waals surface area (Å²) in [6.45, 7) is 2.71. The Hall–Kier alpha value is -2.44. The van der Waals surface area contributed by atoms with Gasteiger partial charge in [0.05, 0.1) is 6.21 Å². The van der Waals surface area contributed by atoms with Crippen LogP contribution in [0.3, 0.4) is 0 Å². The van der Waals surface area contributed by atoms with Crippen molar-refractivity contribution in [3.05, 3.63) is 23.8 Å². The first-order valence-electron chi connectivity index (χ1n) is 6.09. The molecule has 19 heavy (non-hydrogen) atoms. The van der Waals surface area contributed by atoms with Crippen LogP contribution in [0, 0.1) is 0 Å². The molecule has 2 N–H and O–H groups in total. The zero-order valence-electron chi connectivity index (χ0n) is 10.6. The first kappa shape index (κ1) is 13.0. The van der Waals surface area contributed by atoms with Gasteiger partial charge in [0.1, 0.15) is 11.0 Å². The first-order valence-corrected chi connectivity index (χ1v) is 6.09.